The summed E-state index contributed by atoms with van der Waals surface area (Å²) in [6, 6.07) is 8.33. The first-order chi connectivity index (χ1) is 14.2. The molecular formula is C21H23N5O2S. The van der Waals surface area contributed by atoms with Crippen LogP contribution in [0.3, 0.4) is 0 Å². The number of hydrogen-bond acceptors (Lipinski definition) is 7. The number of hydrogen-bond donors (Lipinski definition) is 2. The first kappa shape index (κ1) is 18.5. The summed E-state index contributed by atoms with van der Waals surface area (Å²) in [6.07, 6.45) is 3.51. The minimum Gasteiger partial charge on any atom is -0.372 e. The smallest absolute Gasteiger partial charge is 0.261 e. The van der Waals surface area contributed by atoms with Crippen molar-refractivity contribution in [3.8, 4) is 0 Å². The molecule has 2 aromatic heterocycles. The average molecular weight is 410 g/mol. The molecule has 29 heavy (non-hydrogen) atoms. The molecule has 2 aliphatic rings. The number of fused-ring (bicyclic) bond motifs is 2. The van der Waals surface area contributed by atoms with Crippen LogP contribution in [-0.4, -0.2) is 47.0 Å². The van der Waals surface area contributed by atoms with Crippen LogP contribution in [0.15, 0.2) is 30.6 Å². The summed E-state index contributed by atoms with van der Waals surface area (Å²) in [5.41, 5.74) is 3.38. The lowest BCUT2D eigenvalue weighted by Crippen LogP contribution is -2.43. The molecule has 0 radical (unpaired) electrons. The second-order valence-corrected chi connectivity index (χ2v) is 8.73. The zero-order valence-electron chi connectivity index (χ0n) is 16.3. The molecule has 5 rings (SSSR count). The van der Waals surface area contributed by atoms with Crippen LogP contribution in [0.5, 0.6) is 0 Å². The number of aromatic nitrogens is 2. The minimum absolute atomic E-state index is 0.0248. The highest BCUT2D eigenvalue weighted by molar-refractivity contribution is 7.20. The molecular weight excluding hydrogens is 386 g/mol. The maximum atomic E-state index is 12.8. The highest BCUT2D eigenvalue weighted by atomic mass is 32.1. The van der Waals surface area contributed by atoms with E-state index in [-0.39, 0.29) is 11.9 Å². The number of anilines is 2. The summed E-state index contributed by atoms with van der Waals surface area (Å²) >= 11 is 1.41. The van der Waals surface area contributed by atoms with Gasteiger partial charge in [0.05, 0.1) is 23.5 Å². The Morgan fingerprint density at radius 2 is 2.00 bits per heavy atom. The summed E-state index contributed by atoms with van der Waals surface area (Å²) in [6.45, 7) is 3.35. The first-order valence-electron chi connectivity index (χ1n) is 9.86. The molecule has 8 heteroatoms. The topological polar surface area (TPSA) is 79.4 Å². The number of piperidine rings is 1. The highest BCUT2D eigenvalue weighted by Gasteiger charge is 2.21. The van der Waals surface area contributed by atoms with E-state index in [1.807, 2.05) is 12.1 Å². The van der Waals surface area contributed by atoms with Gasteiger partial charge in [-0.25, -0.2) is 9.97 Å². The maximum absolute atomic E-state index is 12.8. The fourth-order valence-electron chi connectivity index (χ4n) is 3.86. The van der Waals surface area contributed by atoms with Crippen molar-refractivity contribution in [1.82, 2.24) is 20.2 Å². The molecule has 1 saturated heterocycles. The van der Waals surface area contributed by atoms with Gasteiger partial charge < -0.3 is 20.3 Å². The Hall–Kier alpha value is -2.55. The van der Waals surface area contributed by atoms with Crippen molar-refractivity contribution >= 4 is 39.0 Å². The van der Waals surface area contributed by atoms with E-state index in [9.17, 15) is 4.79 Å². The number of thiophene rings is 1. The van der Waals surface area contributed by atoms with Crippen molar-refractivity contribution in [2.24, 2.45) is 0 Å². The van der Waals surface area contributed by atoms with E-state index >= 15 is 0 Å². The van der Waals surface area contributed by atoms with Gasteiger partial charge in [0, 0.05) is 11.7 Å². The van der Waals surface area contributed by atoms with Gasteiger partial charge in [-0.15, -0.1) is 11.3 Å². The van der Waals surface area contributed by atoms with Crippen LogP contribution in [0.25, 0.3) is 10.2 Å². The van der Waals surface area contributed by atoms with Gasteiger partial charge in [0.2, 0.25) is 0 Å². The van der Waals surface area contributed by atoms with Gasteiger partial charge in [0.15, 0.2) is 0 Å². The predicted molar refractivity (Wildman–Crippen MR) is 114 cm³/mol. The van der Waals surface area contributed by atoms with Crippen LogP contribution in [0.2, 0.25) is 0 Å². The molecule has 150 valence electrons. The average Bonchev–Trinajstić information content (AvgIpc) is 3.36. The van der Waals surface area contributed by atoms with Crippen LogP contribution >= 0.6 is 11.3 Å². The van der Waals surface area contributed by atoms with Gasteiger partial charge in [-0.1, -0.05) is 6.07 Å². The second-order valence-electron chi connectivity index (χ2n) is 7.70. The van der Waals surface area contributed by atoms with Gasteiger partial charge in [-0.2, -0.15) is 0 Å². The van der Waals surface area contributed by atoms with Gasteiger partial charge in [0.1, 0.15) is 17.0 Å². The molecule has 0 spiro atoms. The van der Waals surface area contributed by atoms with Crippen molar-refractivity contribution in [3.05, 3.63) is 46.6 Å². The molecule has 1 fully saturated rings. The van der Waals surface area contributed by atoms with E-state index in [0.29, 0.717) is 23.9 Å². The standard InChI is InChI=1S/C21H23N5O2S/c1-26-6-4-15(5-7-26)25-20(27)18-9-17-19(22-12-23-21(17)29-18)24-16-3-2-13-10-28-11-14(13)8-16/h2-3,8-9,12,15H,4-7,10-11H2,1H3,(H,25,27)(H,22,23,24). The second kappa shape index (κ2) is 7.70. The monoisotopic (exact) mass is 409 g/mol. The van der Waals surface area contributed by atoms with Gasteiger partial charge >= 0.3 is 0 Å². The Balaban J connectivity index is 1.36. The lowest BCUT2D eigenvalue weighted by Gasteiger charge is -2.29. The van der Waals surface area contributed by atoms with Crippen LogP contribution in [-0.2, 0) is 18.0 Å². The zero-order valence-corrected chi connectivity index (χ0v) is 17.1. The molecule has 0 atom stereocenters. The molecule has 0 aliphatic carbocycles. The number of benzene rings is 1. The first-order valence-corrected chi connectivity index (χ1v) is 10.7. The summed E-state index contributed by atoms with van der Waals surface area (Å²) < 4.78 is 5.49. The Kier molecular flexibility index (Phi) is 4.91. The molecule has 3 aromatic rings. The lowest BCUT2D eigenvalue weighted by molar-refractivity contribution is 0.0921. The van der Waals surface area contributed by atoms with Crippen molar-refractivity contribution < 1.29 is 9.53 Å². The normalized spacial score (nSPS) is 17.4. The van der Waals surface area contributed by atoms with Crippen LogP contribution in [0, 0.1) is 0 Å². The fraction of sp³-hybridized carbons (Fsp3) is 0.381. The number of nitrogens with one attached hydrogen (secondary N) is 2. The van der Waals surface area contributed by atoms with E-state index < -0.39 is 0 Å². The third-order valence-electron chi connectivity index (χ3n) is 5.59. The van der Waals surface area contributed by atoms with Crippen molar-refractivity contribution in [2.75, 3.05) is 25.5 Å². The molecule has 0 saturated carbocycles. The van der Waals surface area contributed by atoms with E-state index in [1.54, 1.807) is 0 Å². The van der Waals surface area contributed by atoms with E-state index in [0.717, 1.165) is 41.8 Å². The van der Waals surface area contributed by atoms with Crippen molar-refractivity contribution in [1.29, 1.82) is 0 Å². The molecule has 0 unspecified atom stereocenters. The Labute approximate surface area is 173 Å². The molecule has 4 heterocycles. The predicted octanol–water partition coefficient (Wildman–Crippen LogP) is 3.29. The third kappa shape index (κ3) is 3.83. The maximum Gasteiger partial charge on any atom is 0.261 e. The number of carbonyl (C=O) groups is 1. The molecule has 2 N–H and O–H groups in total. The quantitative estimate of drug-likeness (QED) is 0.688. The van der Waals surface area contributed by atoms with Gasteiger partial charge in [-0.3, -0.25) is 4.79 Å². The summed E-state index contributed by atoms with van der Waals surface area (Å²) in [5, 5.41) is 7.42. The lowest BCUT2D eigenvalue weighted by atomic mass is 10.1. The number of rotatable bonds is 4. The van der Waals surface area contributed by atoms with E-state index in [2.05, 4.69) is 44.7 Å². The minimum atomic E-state index is -0.0248. The van der Waals surface area contributed by atoms with Gasteiger partial charge in [-0.05, 0) is 62.3 Å². The molecule has 7 nitrogen and oxygen atoms in total. The molecule has 1 amide bonds. The highest BCUT2D eigenvalue weighted by Crippen LogP contribution is 2.31. The fourth-order valence-corrected chi connectivity index (χ4v) is 4.77. The molecule has 0 bridgehead atoms. The number of ether oxygens (including phenoxy) is 1. The van der Waals surface area contributed by atoms with Crippen LogP contribution in [0.1, 0.15) is 33.6 Å². The zero-order chi connectivity index (χ0) is 19.8. The van der Waals surface area contributed by atoms with E-state index in [1.165, 1.54) is 28.8 Å². The van der Waals surface area contributed by atoms with E-state index in [4.69, 9.17) is 4.74 Å². The van der Waals surface area contributed by atoms with Gasteiger partial charge in [0.25, 0.3) is 5.91 Å². The number of nitrogens with zero attached hydrogens (tertiary/aromatic N) is 3. The van der Waals surface area contributed by atoms with Crippen LogP contribution < -0.4 is 10.6 Å². The number of amides is 1. The summed E-state index contributed by atoms with van der Waals surface area (Å²) in [4.78, 5) is 25.3. The Morgan fingerprint density at radius 3 is 2.86 bits per heavy atom. The van der Waals surface area contributed by atoms with Crippen molar-refractivity contribution in [2.45, 2.75) is 32.1 Å². The van der Waals surface area contributed by atoms with Crippen molar-refractivity contribution in [3.63, 3.8) is 0 Å². The largest absolute Gasteiger partial charge is 0.372 e. The number of carbonyl (C=O) groups excluding carboxylic acids is 1. The third-order valence-corrected chi connectivity index (χ3v) is 6.63. The summed E-state index contributed by atoms with van der Waals surface area (Å²) in [7, 11) is 2.12. The Morgan fingerprint density at radius 1 is 1.17 bits per heavy atom. The van der Waals surface area contributed by atoms with Crippen LogP contribution in [0.4, 0.5) is 11.5 Å². The number of likely N-dealkylation sites (tertiary alicyclic amines) is 1. The SMILES string of the molecule is CN1CCC(NC(=O)c2cc3c(Nc4ccc5c(c4)COC5)ncnc3s2)CC1. The molecule has 1 aromatic carbocycles. The Bertz CT molecular complexity index is 1060. The summed E-state index contributed by atoms with van der Waals surface area (Å²) in [5.74, 6) is 0.687. The molecule has 2 aliphatic heterocycles.